The van der Waals surface area contributed by atoms with Gasteiger partial charge in [-0.3, -0.25) is 4.79 Å². The summed E-state index contributed by atoms with van der Waals surface area (Å²) in [6, 6.07) is 0.135. The lowest BCUT2D eigenvalue weighted by Crippen LogP contribution is -2.53. The fourth-order valence-corrected chi connectivity index (χ4v) is 1.87. The van der Waals surface area contributed by atoms with Gasteiger partial charge in [0.1, 0.15) is 0 Å². The van der Waals surface area contributed by atoms with E-state index in [1.54, 1.807) is 7.11 Å². The highest BCUT2D eigenvalue weighted by molar-refractivity contribution is 5.81. The Kier molecular flexibility index (Phi) is 4.95. The second-order valence-corrected chi connectivity index (χ2v) is 6.03. The van der Waals surface area contributed by atoms with Crippen molar-refractivity contribution in [3.8, 4) is 0 Å². The van der Waals surface area contributed by atoms with Gasteiger partial charge in [0, 0.05) is 18.7 Å². The van der Waals surface area contributed by atoms with Crippen molar-refractivity contribution in [2.24, 2.45) is 5.92 Å². The van der Waals surface area contributed by atoms with Gasteiger partial charge in [-0.25, -0.2) is 0 Å². The summed E-state index contributed by atoms with van der Waals surface area (Å²) in [6.45, 7) is 8.56. The molecular formula is C13H26N2O2. The molecule has 0 aromatic heterocycles. The van der Waals surface area contributed by atoms with Gasteiger partial charge in [-0.2, -0.15) is 0 Å². The molecule has 0 aliphatic heterocycles. The number of methoxy groups -OCH3 is 1. The number of ether oxygens (including phenoxy) is 1. The van der Waals surface area contributed by atoms with Crippen molar-refractivity contribution >= 4 is 5.91 Å². The molecule has 1 saturated carbocycles. The molecule has 1 fully saturated rings. The predicted octanol–water partition coefficient (Wildman–Crippen LogP) is 1.30. The highest BCUT2D eigenvalue weighted by atomic mass is 16.5. The van der Waals surface area contributed by atoms with E-state index in [0.29, 0.717) is 18.6 Å². The Labute approximate surface area is 104 Å². The second kappa shape index (κ2) is 5.83. The Bertz CT molecular complexity index is 257. The van der Waals surface area contributed by atoms with Crippen LogP contribution in [0.5, 0.6) is 0 Å². The predicted molar refractivity (Wildman–Crippen MR) is 68.9 cm³/mol. The first kappa shape index (κ1) is 14.5. The Morgan fingerprint density at radius 2 is 2.00 bits per heavy atom. The average Bonchev–Trinajstić information content (AvgIpc) is 2.97. The summed E-state index contributed by atoms with van der Waals surface area (Å²) in [7, 11) is 1.71. The molecule has 2 unspecified atom stereocenters. The molecule has 0 aromatic rings. The third kappa shape index (κ3) is 5.50. The summed E-state index contributed by atoms with van der Waals surface area (Å²) in [4.78, 5) is 11.9. The molecule has 4 nitrogen and oxygen atoms in total. The lowest BCUT2D eigenvalue weighted by atomic mass is 10.1. The van der Waals surface area contributed by atoms with E-state index in [9.17, 15) is 4.79 Å². The molecule has 2 N–H and O–H groups in total. The van der Waals surface area contributed by atoms with Gasteiger partial charge in [-0.05, 0) is 46.5 Å². The topological polar surface area (TPSA) is 50.4 Å². The highest BCUT2D eigenvalue weighted by Gasteiger charge is 2.33. The van der Waals surface area contributed by atoms with E-state index in [1.807, 2.05) is 27.7 Å². The first-order valence-corrected chi connectivity index (χ1v) is 6.40. The molecule has 1 rings (SSSR count). The van der Waals surface area contributed by atoms with E-state index in [4.69, 9.17) is 4.74 Å². The fourth-order valence-electron chi connectivity index (χ4n) is 1.87. The van der Waals surface area contributed by atoms with Crippen LogP contribution in [0.4, 0.5) is 0 Å². The zero-order chi connectivity index (χ0) is 13.1. The van der Waals surface area contributed by atoms with E-state index in [0.717, 1.165) is 0 Å². The van der Waals surface area contributed by atoms with E-state index < -0.39 is 0 Å². The quantitative estimate of drug-likeness (QED) is 0.738. The summed E-state index contributed by atoms with van der Waals surface area (Å²) >= 11 is 0. The molecular weight excluding hydrogens is 216 g/mol. The number of nitrogens with one attached hydrogen (secondary N) is 2. The first-order valence-electron chi connectivity index (χ1n) is 6.40. The standard InChI is InChI=1S/C13H26N2O2/c1-9(12(16)15-13(2,3)4)14-11(8-17-5)10-6-7-10/h9-11,14H,6-8H2,1-5H3,(H,15,16). The van der Waals surface area contributed by atoms with Crippen molar-refractivity contribution in [2.75, 3.05) is 13.7 Å². The van der Waals surface area contributed by atoms with Crippen molar-refractivity contribution in [3.63, 3.8) is 0 Å². The van der Waals surface area contributed by atoms with E-state index in [2.05, 4.69) is 10.6 Å². The Morgan fingerprint density at radius 1 is 1.41 bits per heavy atom. The first-order chi connectivity index (χ1) is 7.83. The van der Waals surface area contributed by atoms with Crippen LogP contribution in [0, 0.1) is 5.92 Å². The van der Waals surface area contributed by atoms with Crippen LogP contribution >= 0.6 is 0 Å². The van der Waals surface area contributed by atoms with Crippen molar-refractivity contribution in [2.45, 2.75) is 58.2 Å². The summed E-state index contributed by atoms with van der Waals surface area (Å²) in [6.07, 6.45) is 2.49. The van der Waals surface area contributed by atoms with E-state index in [1.165, 1.54) is 12.8 Å². The fraction of sp³-hybridized carbons (Fsp3) is 0.923. The van der Waals surface area contributed by atoms with Crippen LogP contribution in [0.2, 0.25) is 0 Å². The molecule has 0 saturated heterocycles. The number of carbonyl (C=O) groups excluding carboxylic acids is 1. The average molecular weight is 242 g/mol. The van der Waals surface area contributed by atoms with Crippen LogP contribution in [-0.2, 0) is 9.53 Å². The monoisotopic (exact) mass is 242 g/mol. The molecule has 0 heterocycles. The summed E-state index contributed by atoms with van der Waals surface area (Å²) in [5, 5.41) is 6.35. The van der Waals surface area contributed by atoms with E-state index >= 15 is 0 Å². The third-order valence-corrected chi connectivity index (χ3v) is 2.89. The minimum absolute atomic E-state index is 0.0549. The number of hydrogen-bond acceptors (Lipinski definition) is 3. The van der Waals surface area contributed by atoms with Crippen molar-refractivity contribution in [1.82, 2.24) is 10.6 Å². The zero-order valence-corrected chi connectivity index (χ0v) is 11.7. The third-order valence-electron chi connectivity index (χ3n) is 2.89. The molecule has 0 radical (unpaired) electrons. The molecule has 0 bridgehead atoms. The SMILES string of the molecule is COCC(NC(C)C(=O)NC(C)(C)C)C1CC1. The Balaban J connectivity index is 2.40. The molecule has 0 aromatic carbocycles. The van der Waals surface area contributed by atoms with Crippen LogP contribution in [-0.4, -0.2) is 37.2 Å². The smallest absolute Gasteiger partial charge is 0.237 e. The van der Waals surface area contributed by atoms with E-state index in [-0.39, 0.29) is 17.5 Å². The van der Waals surface area contributed by atoms with Gasteiger partial charge < -0.3 is 15.4 Å². The molecule has 100 valence electrons. The Morgan fingerprint density at radius 3 is 2.41 bits per heavy atom. The largest absolute Gasteiger partial charge is 0.383 e. The van der Waals surface area contributed by atoms with Crippen LogP contribution < -0.4 is 10.6 Å². The van der Waals surface area contributed by atoms with Crippen molar-refractivity contribution in [1.29, 1.82) is 0 Å². The maximum Gasteiger partial charge on any atom is 0.237 e. The molecule has 1 amide bonds. The molecule has 4 heteroatoms. The normalized spacial score (nSPS) is 19.8. The maximum absolute atomic E-state index is 11.9. The van der Waals surface area contributed by atoms with Crippen LogP contribution in [0.25, 0.3) is 0 Å². The van der Waals surface area contributed by atoms with Gasteiger partial charge in [-0.1, -0.05) is 0 Å². The molecule has 1 aliphatic rings. The van der Waals surface area contributed by atoms with Crippen LogP contribution in [0.15, 0.2) is 0 Å². The molecule has 0 spiro atoms. The molecule has 2 atom stereocenters. The molecule has 1 aliphatic carbocycles. The lowest BCUT2D eigenvalue weighted by Gasteiger charge is -2.26. The van der Waals surface area contributed by atoms with Gasteiger partial charge >= 0.3 is 0 Å². The number of amides is 1. The summed E-state index contributed by atoms with van der Waals surface area (Å²) < 4.78 is 5.19. The second-order valence-electron chi connectivity index (χ2n) is 6.03. The summed E-state index contributed by atoms with van der Waals surface area (Å²) in [5.41, 5.74) is -0.177. The Hall–Kier alpha value is -0.610. The van der Waals surface area contributed by atoms with Crippen LogP contribution in [0.3, 0.4) is 0 Å². The lowest BCUT2D eigenvalue weighted by molar-refractivity contribution is -0.124. The zero-order valence-electron chi connectivity index (χ0n) is 11.7. The van der Waals surface area contributed by atoms with Crippen molar-refractivity contribution in [3.05, 3.63) is 0 Å². The van der Waals surface area contributed by atoms with Gasteiger partial charge in [0.15, 0.2) is 0 Å². The van der Waals surface area contributed by atoms with Crippen LogP contribution in [0.1, 0.15) is 40.5 Å². The minimum atomic E-state index is -0.177. The minimum Gasteiger partial charge on any atom is -0.383 e. The van der Waals surface area contributed by atoms with Gasteiger partial charge in [0.25, 0.3) is 0 Å². The number of hydrogen-bond donors (Lipinski definition) is 2. The van der Waals surface area contributed by atoms with Gasteiger partial charge in [-0.15, -0.1) is 0 Å². The number of rotatable bonds is 6. The van der Waals surface area contributed by atoms with Gasteiger partial charge in [0.05, 0.1) is 12.6 Å². The van der Waals surface area contributed by atoms with Crippen molar-refractivity contribution < 1.29 is 9.53 Å². The molecule has 17 heavy (non-hydrogen) atoms. The van der Waals surface area contributed by atoms with Gasteiger partial charge in [0.2, 0.25) is 5.91 Å². The maximum atomic E-state index is 11.9. The summed E-state index contributed by atoms with van der Waals surface area (Å²) in [5.74, 6) is 0.735. The number of carbonyl (C=O) groups is 1. The highest BCUT2D eigenvalue weighted by Crippen LogP contribution is 2.32.